The van der Waals surface area contributed by atoms with E-state index in [2.05, 4.69) is 5.32 Å². The molecule has 0 radical (unpaired) electrons. The molecule has 3 aliphatic carbocycles. The van der Waals surface area contributed by atoms with Crippen molar-refractivity contribution in [2.45, 2.75) is 122 Å². The van der Waals surface area contributed by atoms with Crippen LogP contribution >= 0.6 is 11.8 Å². The number of carbonyl (C=O) groups excluding carboxylic acids is 8. The molecule has 1 heterocycles. The summed E-state index contributed by atoms with van der Waals surface area (Å²) >= 11 is 0.969. The number of ketones is 2. The molecule has 3 fully saturated rings. The van der Waals surface area contributed by atoms with Crippen molar-refractivity contribution in [1.29, 1.82) is 0 Å². The average Bonchev–Trinajstić information content (AvgIpc) is 3.33. The second-order valence-electron chi connectivity index (χ2n) is 19.9. The summed E-state index contributed by atoms with van der Waals surface area (Å²) in [5, 5.41) is 29.0. The summed E-state index contributed by atoms with van der Waals surface area (Å²) < 4.78 is 36.8. The Bertz CT molecular complexity index is 2620. The second-order valence-corrected chi connectivity index (χ2v) is 20.9. The largest absolute Gasteiger partial charge is 0.455 e. The lowest BCUT2D eigenvalue weighted by Gasteiger charge is -2.67. The summed E-state index contributed by atoms with van der Waals surface area (Å²) in [4.78, 5) is 112. The fraction of sp³-hybridized carbons (Fsp3) is 0.481. The monoisotopic (exact) mass is 1010 g/mol. The molecule has 11 atom stereocenters. The van der Waals surface area contributed by atoms with Gasteiger partial charge in [0.2, 0.25) is 6.10 Å². The van der Waals surface area contributed by atoms with Crippen molar-refractivity contribution in [3.05, 3.63) is 119 Å². The van der Waals surface area contributed by atoms with Crippen molar-refractivity contribution in [3.63, 3.8) is 0 Å². The van der Waals surface area contributed by atoms with Gasteiger partial charge in [0.1, 0.15) is 35.7 Å². The van der Waals surface area contributed by atoms with Crippen LogP contribution in [0, 0.1) is 22.7 Å². The Balaban J connectivity index is 1.40. The van der Waals surface area contributed by atoms with Crippen LogP contribution in [0.3, 0.4) is 0 Å². The number of rotatable bonds is 16. The number of hydrogen-bond acceptors (Lipinski definition) is 17. The van der Waals surface area contributed by atoms with Gasteiger partial charge in [0, 0.05) is 43.6 Å². The van der Waals surface area contributed by atoms with Crippen molar-refractivity contribution in [3.8, 4) is 0 Å². The highest BCUT2D eigenvalue weighted by molar-refractivity contribution is 8.00. The molecule has 384 valence electrons. The minimum Gasteiger partial charge on any atom is -0.455 e. The van der Waals surface area contributed by atoms with Gasteiger partial charge in [-0.15, -0.1) is 11.8 Å². The van der Waals surface area contributed by atoms with Crippen LogP contribution in [0.1, 0.15) is 101 Å². The first-order chi connectivity index (χ1) is 34.0. The second kappa shape index (κ2) is 21.1. The fourth-order valence-corrected chi connectivity index (χ4v) is 11.7. The maximum absolute atomic E-state index is 15.7. The van der Waals surface area contributed by atoms with Crippen molar-refractivity contribution < 1.29 is 77.0 Å². The van der Waals surface area contributed by atoms with E-state index >= 15 is 9.59 Å². The molecule has 2 saturated carbocycles. The summed E-state index contributed by atoms with van der Waals surface area (Å²) in [6.45, 7) is 11.3. The van der Waals surface area contributed by atoms with E-state index in [4.69, 9.17) is 28.4 Å². The number of nitrogens with one attached hydrogen (secondary N) is 1. The summed E-state index contributed by atoms with van der Waals surface area (Å²) in [6.07, 6.45) is -10.8. The van der Waals surface area contributed by atoms with E-state index in [0.29, 0.717) is 5.56 Å². The molecule has 3 N–H and O–H groups in total. The molecule has 0 spiro atoms. The van der Waals surface area contributed by atoms with Crippen LogP contribution in [-0.4, -0.2) is 123 Å². The van der Waals surface area contributed by atoms with E-state index in [1.165, 1.54) is 26.0 Å². The standard InChI is InChI=1S/C54H61NO16S/c1-29(2)36(58)26-72-27-40(60)69-44(42(33-18-12-9-13-19-33)55-48(62)34-20-14-10-15-21-34)50(64)68-37-25-54(65)47(70-49(63)35-22-16-11-17-23-35)45-52(8,38(59)24-39-53(45,28-66-39)71-32(5)57)46(61)43(67-31(4)56)41(30(37)3)51(54,6)7/h9-23,29,37-39,42-45,47,59,65H,24-28H2,1-8H3,(H,55,62)/t37-,38-,39+,42-,43+,44+,45-,47-,52+,53-,54+/m0/s1. The van der Waals surface area contributed by atoms with Gasteiger partial charge < -0.3 is 44.0 Å². The van der Waals surface area contributed by atoms with Crippen LogP contribution in [0.15, 0.2) is 102 Å². The number of fused-ring (bicyclic) bond motifs is 5. The molecular weight excluding hydrogens is 951 g/mol. The van der Waals surface area contributed by atoms with E-state index in [9.17, 15) is 39.0 Å². The van der Waals surface area contributed by atoms with E-state index in [1.54, 1.807) is 107 Å². The lowest BCUT2D eigenvalue weighted by Crippen LogP contribution is -2.82. The molecule has 1 saturated heterocycles. The molecule has 18 heteroatoms. The number of Topliss-reactive ketones (excluding diaryl/α,β-unsaturated/α-hetero) is 2. The molecule has 0 aromatic heterocycles. The molecule has 4 aliphatic rings. The first-order valence-corrected chi connectivity index (χ1v) is 24.9. The molecule has 3 aromatic carbocycles. The van der Waals surface area contributed by atoms with E-state index in [-0.39, 0.29) is 58.5 Å². The Morgan fingerprint density at radius 2 is 1.42 bits per heavy atom. The van der Waals surface area contributed by atoms with Gasteiger partial charge in [0.15, 0.2) is 17.5 Å². The molecule has 1 aliphatic heterocycles. The van der Waals surface area contributed by atoms with Gasteiger partial charge in [0.25, 0.3) is 5.91 Å². The highest BCUT2D eigenvalue weighted by Gasteiger charge is 2.78. The number of aliphatic hydroxyl groups is 2. The third-order valence-electron chi connectivity index (χ3n) is 14.8. The number of amides is 1. The predicted octanol–water partition coefficient (Wildman–Crippen LogP) is 5.24. The van der Waals surface area contributed by atoms with Crippen LogP contribution < -0.4 is 5.32 Å². The van der Waals surface area contributed by atoms with Crippen LogP contribution in [0.5, 0.6) is 0 Å². The van der Waals surface area contributed by atoms with Crippen LogP contribution in [-0.2, 0) is 57.2 Å². The smallest absolute Gasteiger partial charge is 0.350 e. The number of ether oxygens (including phenoxy) is 6. The number of aliphatic hydroxyl groups excluding tert-OH is 1. The number of carbonyl (C=O) groups is 8. The van der Waals surface area contributed by atoms with Crippen LogP contribution in [0.2, 0.25) is 0 Å². The summed E-state index contributed by atoms with van der Waals surface area (Å²) in [6, 6.07) is 22.7. The van der Waals surface area contributed by atoms with Crippen molar-refractivity contribution in [2.75, 3.05) is 18.1 Å². The van der Waals surface area contributed by atoms with Gasteiger partial charge in [-0.2, -0.15) is 0 Å². The normalized spacial score (nSPS) is 29.0. The lowest BCUT2D eigenvalue weighted by atomic mass is 9.44. The SMILES string of the molecule is CC(=O)O[C@H]1C(=O)[C@@]2(C)[C@H]([C@H](OC(=O)c3ccccc3)[C@]3(O)C[C@H](OC(=O)[C@H](OC(=O)CSCC(=O)C(C)C)[C@@H](NC(=O)c4ccccc4)c4ccccc4)C(C)=C1C3(C)C)[C@]1(OC(C)=O)CO[C@@H]1C[C@@H]2O. The third-order valence-corrected chi connectivity index (χ3v) is 15.8. The summed E-state index contributed by atoms with van der Waals surface area (Å²) in [5.41, 5.74) is -7.50. The fourth-order valence-electron chi connectivity index (χ4n) is 10.9. The minimum atomic E-state index is -2.47. The molecule has 0 unspecified atom stereocenters. The van der Waals surface area contributed by atoms with Crippen LogP contribution in [0.25, 0.3) is 0 Å². The average molecular weight is 1010 g/mol. The van der Waals surface area contributed by atoms with E-state index in [1.807, 2.05) is 0 Å². The van der Waals surface area contributed by atoms with E-state index in [0.717, 1.165) is 25.6 Å². The number of hydrogen-bond donors (Lipinski definition) is 3. The Hall–Kier alpha value is -6.21. The Morgan fingerprint density at radius 3 is 1.97 bits per heavy atom. The van der Waals surface area contributed by atoms with E-state index < -0.39 is 119 Å². The summed E-state index contributed by atoms with van der Waals surface area (Å²) in [5.74, 6) is -8.85. The predicted molar refractivity (Wildman–Crippen MR) is 259 cm³/mol. The Labute approximate surface area is 421 Å². The quantitative estimate of drug-likeness (QED) is 0.0943. The van der Waals surface area contributed by atoms with Crippen LogP contribution in [0.4, 0.5) is 0 Å². The molecular formula is C54H61NO16S. The van der Waals surface area contributed by atoms with Gasteiger partial charge in [0.05, 0.1) is 41.1 Å². The molecule has 3 aromatic rings. The third kappa shape index (κ3) is 9.97. The number of thioether (sulfide) groups is 1. The zero-order valence-electron chi connectivity index (χ0n) is 41.4. The highest BCUT2D eigenvalue weighted by atomic mass is 32.2. The minimum absolute atomic E-state index is 0.0289. The molecule has 72 heavy (non-hydrogen) atoms. The lowest BCUT2D eigenvalue weighted by molar-refractivity contribution is -0.346. The maximum Gasteiger partial charge on any atom is 0.350 e. The van der Waals surface area contributed by atoms with Crippen molar-refractivity contribution >= 4 is 59.1 Å². The highest BCUT2D eigenvalue weighted by Crippen LogP contribution is 2.64. The zero-order chi connectivity index (χ0) is 52.5. The van der Waals surface area contributed by atoms with Gasteiger partial charge in [-0.3, -0.25) is 28.8 Å². The maximum atomic E-state index is 15.7. The van der Waals surface area contributed by atoms with Gasteiger partial charge in [-0.25, -0.2) is 9.59 Å². The molecule has 2 bridgehead atoms. The van der Waals surface area contributed by atoms with Gasteiger partial charge in [-0.1, -0.05) is 94.4 Å². The molecule has 1 amide bonds. The van der Waals surface area contributed by atoms with Gasteiger partial charge >= 0.3 is 29.8 Å². The van der Waals surface area contributed by atoms with Crippen molar-refractivity contribution in [2.24, 2.45) is 22.7 Å². The van der Waals surface area contributed by atoms with Gasteiger partial charge in [-0.05, 0) is 54.8 Å². The van der Waals surface area contributed by atoms with Crippen molar-refractivity contribution in [1.82, 2.24) is 5.32 Å². The summed E-state index contributed by atoms with van der Waals surface area (Å²) in [7, 11) is 0. The first kappa shape index (κ1) is 53.6. The topological polar surface area (TPSA) is 244 Å². The first-order valence-electron chi connectivity index (χ1n) is 23.8. The Kier molecular flexibility index (Phi) is 15.7. The number of esters is 5. The number of benzene rings is 3. The molecule has 7 rings (SSSR count). The Morgan fingerprint density at radius 1 is 0.819 bits per heavy atom. The molecule has 17 nitrogen and oxygen atoms in total. The zero-order valence-corrected chi connectivity index (χ0v) is 42.2.